The van der Waals surface area contributed by atoms with Crippen LogP contribution in [-0.2, 0) is 25.7 Å². The number of nitrogens with one attached hydrogen (secondary N) is 2. The minimum atomic E-state index is -1.20. The summed E-state index contributed by atoms with van der Waals surface area (Å²) in [5, 5.41) is 22.7. The van der Waals surface area contributed by atoms with Gasteiger partial charge in [-0.25, -0.2) is 4.79 Å². The number of amides is 2. The van der Waals surface area contributed by atoms with E-state index in [2.05, 4.69) is 10.6 Å². The van der Waals surface area contributed by atoms with E-state index in [1.165, 1.54) is 0 Å². The van der Waals surface area contributed by atoms with Crippen molar-refractivity contribution >= 4 is 23.9 Å². The fourth-order valence-electron chi connectivity index (χ4n) is 2.43. The van der Waals surface area contributed by atoms with Crippen LogP contribution >= 0.6 is 0 Å². The molecule has 0 radical (unpaired) electrons. The summed E-state index contributed by atoms with van der Waals surface area (Å²) < 4.78 is 5.08. The van der Waals surface area contributed by atoms with E-state index in [9.17, 15) is 19.2 Å². The highest BCUT2D eigenvalue weighted by atomic mass is 16.5. The highest BCUT2D eigenvalue weighted by molar-refractivity contribution is 5.80. The summed E-state index contributed by atoms with van der Waals surface area (Å²) in [4.78, 5) is 45.8. The molecule has 0 aromatic heterocycles. The van der Waals surface area contributed by atoms with Gasteiger partial charge < -0.3 is 25.6 Å². The number of aliphatic carboxylic acids is 2. The smallest absolute Gasteiger partial charge is 0.407 e. The lowest BCUT2D eigenvalue weighted by molar-refractivity contribution is -0.142. The molecule has 1 aromatic rings. The average molecular weight is 409 g/mol. The van der Waals surface area contributed by atoms with Crippen LogP contribution in [0.3, 0.4) is 0 Å². The Bertz CT molecular complexity index is 651. The van der Waals surface area contributed by atoms with Gasteiger partial charge in [0.2, 0.25) is 5.91 Å². The van der Waals surface area contributed by atoms with Crippen LogP contribution in [0.15, 0.2) is 30.3 Å². The number of nitrogens with zero attached hydrogens (tertiary/aromatic N) is 1. The quantitative estimate of drug-likeness (QED) is 0.328. The molecule has 0 aliphatic rings. The summed E-state index contributed by atoms with van der Waals surface area (Å²) in [5.41, 5.74) is 0.906. The van der Waals surface area contributed by atoms with E-state index in [-0.39, 0.29) is 13.2 Å². The van der Waals surface area contributed by atoms with E-state index in [1.54, 1.807) is 0 Å². The van der Waals surface area contributed by atoms with Gasteiger partial charge in [-0.2, -0.15) is 0 Å². The van der Waals surface area contributed by atoms with E-state index in [0.717, 1.165) is 16.9 Å². The number of benzene rings is 1. The first-order valence-electron chi connectivity index (χ1n) is 9.24. The van der Waals surface area contributed by atoms with E-state index in [0.29, 0.717) is 25.9 Å². The zero-order valence-electron chi connectivity index (χ0n) is 16.1. The number of unbranched alkanes of at least 4 members (excludes halogenated alkanes) is 2. The molecule has 29 heavy (non-hydrogen) atoms. The normalized spacial score (nSPS) is 10.4. The molecule has 0 saturated heterocycles. The van der Waals surface area contributed by atoms with Crippen molar-refractivity contribution in [1.29, 1.82) is 0 Å². The van der Waals surface area contributed by atoms with Crippen molar-refractivity contribution in [3.05, 3.63) is 35.9 Å². The van der Waals surface area contributed by atoms with Gasteiger partial charge in [-0.05, 0) is 24.8 Å². The Morgan fingerprint density at radius 3 is 2.00 bits per heavy atom. The second-order valence-corrected chi connectivity index (χ2v) is 6.33. The highest BCUT2D eigenvalue weighted by Gasteiger charge is 2.16. The highest BCUT2D eigenvalue weighted by Crippen LogP contribution is 2.00. The van der Waals surface area contributed by atoms with Gasteiger partial charge in [0.1, 0.15) is 6.61 Å². The van der Waals surface area contributed by atoms with Crippen molar-refractivity contribution in [2.75, 3.05) is 32.7 Å². The lowest BCUT2D eigenvalue weighted by Crippen LogP contribution is -2.42. The van der Waals surface area contributed by atoms with Gasteiger partial charge >= 0.3 is 18.0 Å². The summed E-state index contributed by atoms with van der Waals surface area (Å²) in [5.74, 6) is -2.84. The third-order valence-corrected chi connectivity index (χ3v) is 3.74. The zero-order chi connectivity index (χ0) is 21.5. The fourth-order valence-corrected chi connectivity index (χ4v) is 2.43. The standard InChI is InChI=1S/C19H27N3O7/c23-16(11-22(12-17(24)25)13-18(26)27)20-9-5-2-6-10-21-19(28)29-14-15-7-3-1-4-8-15/h1,3-4,7-8H,2,5-6,9-14H2,(H,20,23)(H,21,28)(H,24,25)(H,26,27). The molecule has 160 valence electrons. The Labute approximate surface area is 168 Å². The predicted molar refractivity (Wildman–Crippen MR) is 103 cm³/mol. The van der Waals surface area contributed by atoms with Crippen molar-refractivity contribution in [1.82, 2.24) is 15.5 Å². The summed E-state index contributed by atoms with van der Waals surface area (Å²) in [6, 6.07) is 9.35. The lowest BCUT2D eigenvalue weighted by atomic mass is 10.2. The number of carbonyl (C=O) groups excluding carboxylic acids is 2. The Kier molecular flexibility index (Phi) is 11.5. The predicted octanol–water partition coefficient (Wildman–Crippen LogP) is 0.671. The number of hydrogen-bond donors (Lipinski definition) is 4. The molecular weight excluding hydrogens is 382 g/mol. The van der Waals surface area contributed by atoms with Gasteiger partial charge in [-0.1, -0.05) is 30.3 Å². The molecule has 0 atom stereocenters. The van der Waals surface area contributed by atoms with Gasteiger partial charge in [-0.15, -0.1) is 0 Å². The number of hydrogen-bond acceptors (Lipinski definition) is 6. The summed E-state index contributed by atoms with van der Waals surface area (Å²) >= 11 is 0. The van der Waals surface area contributed by atoms with Crippen molar-refractivity contribution in [2.45, 2.75) is 25.9 Å². The van der Waals surface area contributed by atoms with Crippen LogP contribution in [0.2, 0.25) is 0 Å². The molecule has 4 N–H and O–H groups in total. The Morgan fingerprint density at radius 2 is 1.41 bits per heavy atom. The third kappa shape index (κ3) is 12.8. The van der Waals surface area contributed by atoms with Crippen molar-refractivity contribution in [3.63, 3.8) is 0 Å². The summed E-state index contributed by atoms with van der Waals surface area (Å²) in [6.45, 7) is -0.303. The number of carboxylic acid groups (broad SMARTS) is 2. The molecular formula is C19H27N3O7. The Hall–Kier alpha value is -3.14. The minimum Gasteiger partial charge on any atom is -0.480 e. The molecule has 0 fully saturated rings. The molecule has 0 saturated carbocycles. The van der Waals surface area contributed by atoms with Gasteiger partial charge in [0.05, 0.1) is 19.6 Å². The van der Waals surface area contributed by atoms with Gasteiger partial charge in [-0.3, -0.25) is 19.3 Å². The second-order valence-electron chi connectivity index (χ2n) is 6.33. The van der Waals surface area contributed by atoms with Crippen molar-refractivity contribution < 1.29 is 34.1 Å². The van der Waals surface area contributed by atoms with E-state index < -0.39 is 37.0 Å². The van der Waals surface area contributed by atoms with Crippen LogP contribution in [0, 0.1) is 0 Å². The van der Waals surface area contributed by atoms with Gasteiger partial charge in [0.25, 0.3) is 0 Å². The Balaban J connectivity index is 2.06. The summed E-state index contributed by atoms with van der Waals surface area (Å²) in [7, 11) is 0. The molecule has 0 spiro atoms. The van der Waals surface area contributed by atoms with Crippen LogP contribution < -0.4 is 10.6 Å². The monoisotopic (exact) mass is 409 g/mol. The van der Waals surface area contributed by atoms with E-state index >= 15 is 0 Å². The minimum absolute atomic E-state index is 0.208. The number of carbonyl (C=O) groups is 4. The maximum absolute atomic E-state index is 11.8. The molecule has 0 aliphatic carbocycles. The molecule has 0 aliphatic heterocycles. The molecule has 0 unspecified atom stereocenters. The first-order chi connectivity index (χ1) is 13.9. The second kappa shape index (κ2) is 13.9. The topological polar surface area (TPSA) is 145 Å². The molecule has 0 bridgehead atoms. The van der Waals surface area contributed by atoms with Crippen molar-refractivity contribution in [2.24, 2.45) is 0 Å². The van der Waals surface area contributed by atoms with Crippen LogP contribution in [0.1, 0.15) is 24.8 Å². The van der Waals surface area contributed by atoms with Crippen LogP contribution in [0.25, 0.3) is 0 Å². The molecule has 10 nitrogen and oxygen atoms in total. The molecule has 10 heteroatoms. The number of alkyl carbamates (subject to hydrolysis) is 1. The zero-order valence-corrected chi connectivity index (χ0v) is 16.1. The molecule has 0 heterocycles. The first kappa shape index (κ1) is 23.9. The average Bonchev–Trinajstić information content (AvgIpc) is 2.65. The summed E-state index contributed by atoms with van der Waals surface area (Å²) in [6.07, 6.45) is 1.65. The largest absolute Gasteiger partial charge is 0.480 e. The number of ether oxygens (including phenoxy) is 1. The van der Waals surface area contributed by atoms with E-state index in [1.807, 2.05) is 30.3 Å². The Morgan fingerprint density at radius 1 is 0.828 bits per heavy atom. The maximum atomic E-state index is 11.8. The number of rotatable bonds is 14. The van der Waals surface area contributed by atoms with E-state index in [4.69, 9.17) is 14.9 Å². The SMILES string of the molecule is O=C(O)CN(CC(=O)O)CC(=O)NCCCCCNC(=O)OCc1ccccc1. The van der Waals surface area contributed by atoms with Crippen molar-refractivity contribution in [3.8, 4) is 0 Å². The van der Waals surface area contributed by atoms with Crippen LogP contribution in [0.4, 0.5) is 4.79 Å². The van der Waals surface area contributed by atoms with Crippen LogP contribution in [0.5, 0.6) is 0 Å². The molecule has 2 amide bonds. The van der Waals surface area contributed by atoms with Gasteiger partial charge in [0.15, 0.2) is 0 Å². The fraction of sp³-hybridized carbons (Fsp3) is 0.474. The molecule has 1 rings (SSSR count). The maximum Gasteiger partial charge on any atom is 0.407 e. The van der Waals surface area contributed by atoms with Crippen LogP contribution in [-0.4, -0.2) is 71.8 Å². The number of carboxylic acids is 2. The first-order valence-corrected chi connectivity index (χ1v) is 9.24. The third-order valence-electron chi connectivity index (χ3n) is 3.74. The van der Waals surface area contributed by atoms with Gasteiger partial charge in [0, 0.05) is 13.1 Å². The lowest BCUT2D eigenvalue weighted by Gasteiger charge is -2.17. The molecule has 1 aromatic carbocycles.